The van der Waals surface area contributed by atoms with Crippen LogP contribution < -0.4 is 5.32 Å². The zero-order valence-corrected chi connectivity index (χ0v) is 9.60. The lowest BCUT2D eigenvalue weighted by Gasteiger charge is -2.15. The second-order valence-corrected chi connectivity index (χ2v) is 4.22. The van der Waals surface area contributed by atoms with Crippen LogP contribution in [0.15, 0.2) is 18.2 Å². The monoisotopic (exact) mass is 240 g/mol. The second kappa shape index (κ2) is 4.50. The van der Waals surface area contributed by atoms with Gasteiger partial charge in [-0.2, -0.15) is 5.26 Å². The van der Waals surface area contributed by atoms with E-state index >= 15 is 0 Å². The minimum atomic E-state index is -1.16. The number of hydrogen-bond donors (Lipinski definition) is 1. The third-order valence-corrected chi connectivity index (χ3v) is 2.34. The van der Waals surface area contributed by atoms with E-state index in [9.17, 15) is 9.18 Å². The zero-order valence-electron chi connectivity index (χ0n) is 8.84. The second-order valence-electron chi connectivity index (χ2n) is 3.82. The first-order valence-electron chi connectivity index (χ1n) is 4.54. The minimum Gasteiger partial charge on any atom is -0.323 e. The van der Waals surface area contributed by atoms with E-state index in [1.807, 2.05) is 6.07 Å². The summed E-state index contributed by atoms with van der Waals surface area (Å²) in [5, 5.41) is 11.3. The lowest BCUT2D eigenvalue weighted by molar-refractivity contribution is -0.121. The number of rotatable bonds is 2. The SMILES string of the molecule is CC(C)(C#N)C(=O)Nc1ccc(F)cc1Cl. The standard InChI is InChI=1S/C11H10ClFN2O/c1-11(2,6-14)10(16)15-9-4-3-7(13)5-8(9)12/h3-5H,1-2H3,(H,15,16). The number of benzene rings is 1. The highest BCUT2D eigenvalue weighted by atomic mass is 35.5. The fraction of sp³-hybridized carbons (Fsp3) is 0.273. The molecule has 1 N–H and O–H groups in total. The lowest BCUT2D eigenvalue weighted by atomic mass is 9.94. The van der Waals surface area contributed by atoms with Crippen LogP contribution in [0.5, 0.6) is 0 Å². The van der Waals surface area contributed by atoms with Crippen LogP contribution in [0.25, 0.3) is 0 Å². The molecule has 1 rings (SSSR count). The third-order valence-electron chi connectivity index (χ3n) is 2.03. The van der Waals surface area contributed by atoms with E-state index in [1.165, 1.54) is 26.0 Å². The Labute approximate surface area is 97.8 Å². The van der Waals surface area contributed by atoms with Crippen LogP contribution in [-0.4, -0.2) is 5.91 Å². The summed E-state index contributed by atoms with van der Waals surface area (Å²) in [7, 11) is 0. The summed E-state index contributed by atoms with van der Waals surface area (Å²) in [4.78, 5) is 11.6. The van der Waals surface area contributed by atoms with Crippen LogP contribution in [0.3, 0.4) is 0 Å². The van der Waals surface area contributed by atoms with Crippen molar-refractivity contribution in [1.29, 1.82) is 5.26 Å². The van der Waals surface area contributed by atoms with Crippen LogP contribution in [0.4, 0.5) is 10.1 Å². The summed E-state index contributed by atoms with van der Waals surface area (Å²) in [5.41, 5.74) is -0.867. The van der Waals surface area contributed by atoms with E-state index in [4.69, 9.17) is 16.9 Å². The predicted molar refractivity (Wildman–Crippen MR) is 59.4 cm³/mol. The molecule has 0 aliphatic carbocycles. The number of nitrogens with zero attached hydrogens (tertiary/aromatic N) is 1. The van der Waals surface area contributed by atoms with Crippen molar-refractivity contribution in [3.63, 3.8) is 0 Å². The molecule has 0 aliphatic rings. The topological polar surface area (TPSA) is 52.9 Å². The molecule has 0 saturated carbocycles. The molecule has 0 aromatic heterocycles. The maximum absolute atomic E-state index is 12.7. The fourth-order valence-electron chi connectivity index (χ4n) is 0.920. The molecule has 0 radical (unpaired) electrons. The molecule has 0 bridgehead atoms. The van der Waals surface area contributed by atoms with Gasteiger partial charge in [0.2, 0.25) is 5.91 Å². The summed E-state index contributed by atoms with van der Waals surface area (Å²) in [6, 6.07) is 5.49. The molecular formula is C11H10ClFN2O. The summed E-state index contributed by atoms with van der Waals surface area (Å²) in [5.74, 6) is -0.967. The van der Waals surface area contributed by atoms with Gasteiger partial charge in [-0.1, -0.05) is 11.6 Å². The molecule has 1 aromatic carbocycles. The Morgan fingerprint density at radius 2 is 2.19 bits per heavy atom. The Kier molecular flexibility index (Phi) is 3.51. The van der Waals surface area contributed by atoms with Crippen LogP contribution >= 0.6 is 11.6 Å². The summed E-state index contributed by atoms with van der Waals surface area (Å²) in [6.07, 6.45) is 0. The van der Waals surface area contributed by atoms with E-state index < -0.39 is 17.1 Å². The van der Waals surface area contributed by atoms with E-state index in [2.05, 4.69) is 5.32 Å². The highest BCUT2D eigenvalue weighted by molar-refractivity contribution is 6.33. The van der Waals surface area contributed by atoms with Gasteiger partial charge in [0, 0.05) is 0 Å². The van der Waals surface area contributed by atoms with Crippen molar-refractivity contribution in [2.45, 2.75) is 13.8 Å². The molecule has 0 atom stereocenters. The molecule has 84 valence electrons. The average Bonchev–Trinajstić information content (AvgIpc) is 2.22. The van der Waals surface area contributed by atoms with Crippen molar-refractivity contribution < 1.29 is 9.18 Å². The fourth-order valence-corrected chi connectivity index (χ4v) is 1.13. The zero-order chi connectivity index (χ0) is 12.3. The Morgan fingerprint density at radius 1 is 1.56 bits per heavy atom. The first kappa shape index (κ1) is 12.5. The predicted octanol–water partition coefficient (Wildman–Crippen LogP) is 2.97. The molecule has 3 nitrogen and oxygen atoms in total. The minimum absolute atomic E-state index is 0.0992. The molecule has 0 unspecified atom stereocenters. The number of anilines is 1. The molecule has 5 heteroatoms. The van der Waals surface area contributed by atoms with Crippen LogP contribution in [0, 0.1) is 22.6 Å². The molecule has 16 heavy (non-hydrogen) atoms. The van der Waals surface area contributed by atoms with Crippen LogP contribution in [0.2, 0.25) is 5.02 Å². The number of hydrogen-bond acceptors (Lipinski definition) is 2. The molecule has 0 heterocycles. The van der Waals surface area contributed by atoms with Gasteiger partial charge >= 0.3 is 0 Å². The van der Waals surface area contributed by atoms with E-state index in [0.29, 0.717) is 0 Å². The molecule has 1 aromatic rings. The maximum Gasteiger partial charge on any atom is 0.244 e. The number of carbonyl (C=O) groups is 1. The Balaban J connectivity index is 2.91. The van der Waals surface area contributed by atoms with Gasteiger partial charge in [-0.25, -0.2) is 4.39 Å². The Bertz CT molecular complexity index is 466. The molecular weight excluding hydrogens is 231 g/mol. The van der Waals surface area contributed by atoms with Crippen molar-refractivity contribution in [3.8, 4) is 6.07 Å². The van der Waals surface area contributed by atoms with Gasteiger partial charge in [-0.3, -0.25) is 4.79 Å². The summed E-state index contributed by atoms with van der Waals surface area (Å²) in [6.45, 7) is 2.97. The number of carbonyl (C=O) groups excluding carboxylic acids is 1. The molecule has 0 aliphatic heterocycles. The summed E-state index contributed by atoms with van der Waals surface area (Å²) >= 11 is 5.73. The third kappa shape index (κ3) is 2.71. The highest BCUT2D eigenvalue weighted by Gasteiger charge is 2.27. The average molecular weight is 241 g/mol. The molecule has 1 amide bonds. The van der Waals surface area contributed by atoms with Gasteiger partial charge < -0.3 is 5.32 Å². The van der Waals surface area contributed by atoms with E-state index in [0.717, 1.165) is 6.07 Å². The van der Waals surface area contributed by atoms with Crippen molar-refractivity contribution in [2.75, 3.05) is 5.32 Å². The van der Waals surface area contributed by atoms with Crippen molar-refractivity contribution in [3.05, 3.63) is 29.0 Å². The Morgan fingerprint density at radius 3 is 2.69 bits per heavy atom. The molecule has 0 saturated heterocycles. The number of halogens is 2. The van der Waals surface area contributed by atoms with E-state index in [-0.39, 0.29) is 10.7 Å². The number of nitrogens with one attached hydrogen (secondary N) is 1. The van der Waals surface area contributed by atoms with Crippen molar-refractivity contribution in [1.82, 2.24) is 0 Å². The van der Waals surface area contributed by atoms with Gasteiger partial charge in [0.1, 0.15) is 11.2 Å². The van der Waals surface area contributed by atoms with Gasteiger partial charge in [-0.15, -0.1) is 0 Å². The van der Waals surface area contributed by atoms with Gasteiger partial charge in [-0.05, 0) is 32.0 Å². The van der Waals surface area contributed by atoms with Gasteiger partial charge in [0.05, 0.1) is 16.8 Å². The maximum atomic E-state index is 12.7. The van der Waals surface area contributed by atoms with Crippen LogP contribution in [0.1, 0.15) is 13.8 Å². The largest absolute Gasteiger partial charge is 0.323 e. The summed E-state index contributed by atoms with van der Waals surface area (Å²) < 4.78 is 12.7. The van der Waals surface area contributed by atoms with Crippen molar-refractivity contribution in [2.24, 2.45) is 5.41 Å². The van der Waals surface area contributed by atoms with E-state index in [1.54, 1.807) is 0 Å². The quantitative estimate of drug-likeness (QED) is 0.864. The van der Waals surface area contributed by atoms with Crippen LogP contribution in [-0.2, 0) is 4.79 Å². The smallest absolute Gasteiger partial charge is 0.244 e. The molecule has 0 spiro atoms. The Hall–Kier alpha value is -1.60. The number of nitriles is 1. The van der Waals surface area contributed by atoms with Gasteiger partial charge in [0.15, 0.2) is 0 Å². The highest BCUT2D eigenvalue weighted by Crippen LogP contribution is 2.24. The van der Waals surface area contributed by atoms with Crippen molar-refractivity contribution >= 4 is 23.2 Å². The number of amides is 1. The first-order valence-corrected chi connectivity index (χ1v) is 4.92. The van der Waals surface area contributed by atoms with Gasteiger partial charge in [0.25, 0.3) is 0 Å². The first-order chi connectivity index (χ1) is 7.36. The lowest BCUT2D eigenvalue weighted by Crippen LogP contribution is -2.29. The normalized spacial score (nSPS) is 10.7. The molecule has 0 fully saturated rings.